The lowest BCUT2D eigenvalue weighted by Crippen LogP contribution is -1.88. The predicted molar refractivity (Wildman–Crippen MR) is 47.8 cm³/mol. The number of para-hydroxylation sites is 1. The zero-order chi connectivity index (χ0) is 8.55. The van der Waals surface area contributed by atoms with Crippen LogP contribution in [0.1, 0.15) is 0 Å². The van der Waals surface area contributed by atoms with E-state index in [1.807, 2.05) is 12.1 Å². The maximum atomic E-state index is 9.12. The Labute approximate surface area is 69.5 Å². The van der Waals surface area contributed by atoms with Crippen LogP contribution in [-0.2, 0) is 0 Å². The lowest BCUT2D eigenvalue weighted by atomic mass is 10.2. The van der Waals surface area contributed by atoms with Gasteiger partial charge in [0.25, 0.3) is 0 Å². The molecule has 12 heavy (non-hydrogen) atoms. The van der Waals surface area contributed by atoms with Gasteiger partial charge in [-0.25, -0.2) is 0 Å². The largest absolute Gasteiger partial charge is 0.506 e. The van der Waals surface area contributed by atoms with Crippen LogP contribution in [0, 0.1) is 0 Å². The molecule has 0 bridgehead atoms. The predicted octanol–water partition coefficient (Wildman–Crippen LogP) is 1.52. The molecular formula is C9H8N2O. The van der Waals surface area contributed by atoms with Gasteiger partial charge in [0.15, 0.2) is 0 Å². The second-order valence-corrected chi connectivity index (χ2v) is 2.61. The number of nitrogens with zero attached hydrogens (tertiary/aromatic N) is 1. The summed E-state index contributed by atoms with van der Waals surface area (Å²) in [6.07, 6.45) is 1.39. The summed E-state index contributed by atoms with van der Waals surface area (Å²) in [6, 6.07) is 7.11. The molecule has 0 aliphatic rings. The first-order valence-electron chi connectivity index (χ1n) is 3.60. The van der Waals surface area contributed by atoms with Crippen molar-refractivity contribution >= 4 is 16.6 Å². The molecular weight excluding hydrogens is 152 g/mol. The first kappa shape index (κ1) is 6.91. The van der Waals surface area contributed by atoms with Gasteiger partial charge in [0.1, 0.15) is 5.75 Å². The first-order chi connectivity index (χ1) is 5.77. The van der Waals surface area contributed by atoms with Gasteiger partial charge in [-0.15, -0.1) is 0 Å². The zero-order valence-corrected chi connectivity index (χ0v) is 6.36. The molecule has 1 heterocycles. The average Bonchev–Trinajstić information content (AvgIpc) is 2.04. The molecule has 0 amide bonds. The highest BCUT2D eigenvalue weighted by molar-refractivity contribution is 5.89. The minimum absolute atomic E-state index is 0.160. The smallest absolute Gasteiger partial charge is 0.134 e. The molecule has 0 radical (unpaired) electrons. The van der Waals surface area contributed by atoms with Crippen LogP contribution < -0.4 is 5.73 Å². The van der Waals surface area contributed by atoms with E-state index >= 15 is 0 Å². The van der Waals surface area contributed by atoms with Crippen molar-refractivity contribution in [1.29, 1.82) is 0 Å². The van der Waals surface area contributed by atoms with E-state index in [0.717, 1.165) is 10.9 Å². The summed E-state index contributed by atoms with van der Waals surface area (Å²) in [5, 5.41) is 9.97. The molecule has 3 heteroatoms. The van der Waals surface area contributed by atoms with E-state index in [1.54, 1.807) is 12.1 Å². The van der Waals surface area contributed by atoms with E-state index in [2.05, 4.69) is 4.98 Å². The van der Waals surface area contributed by atoms with E-state index in [1.165, 1.54) is 6.20 Å². The average molecular weight is 160 g/mol. The Morgan fingerprint density at radius 3 is 3.00 bits per heavy atom. The summed E-state index contributed by atoms with van der Waals surface area (Å²) >= 11 is 0. The number of benzene rings is 1. The molecule has 2 aromatic rings. The molecule has 0 saturated carbocycles. The maximum Gasteiger partial charge on any atom is 0.134 e. The quantitative estimate of drug-likeness (QED) is 0.574. The molecule has 1 aromatic carbocycles. The summed E-state index contributed by atoms with van der Waals surface area (Å²) < 4.78 is 0. The molecule has 3 N–H and O–H groups in total. The normalized spacial score (nSPS) is 10.3. The van der Waals surface area contributed by atoms with Gasteiger partial charge >= 0.3 is 0 Å². The first-order valence-corrected chi connectivity index (χ1v) is 3.60. The Hall–Kier alpha value is -1.77. The van der Waals surface area contributed by atoms with Crippen molar-refractivity contribution in [2.75, 3.05) is 5.73 Å². The molecule has 1 aromatic heterocycles. The van der Waals surface area contributed by atoms with E-state index in [9.17, 15) is 0 Å². The summed E-state index contributed by atoms with van der Waals surface area (Å²) in [5.74, 6) is 0.160. The fourth-order valence-electron chi connectivity index (χ4n) is 1.17. The fraction of sp³-hybridized carbons (Fsp3) is 0. The lowest BCUT2D eigenvalue weighted by molar-refractivity contribution is 0.474. The third-order valence-corrected chi connectivity index (χ3v) is 1.73. The van der Waals surface area contributed by atoms with Crippen molar-refractivity contribution in [2.24, 2.45) is 0 Å². The van der Waals surface area contributed by atoms with Gasteiger partial charge in [0.05, 0.1) is 17.4 Å². The Bertz CT molecular complexity index is 426. The van der Waals surface area contributed by atoms with Crippen molar-refractivity contribution in [3.63, 3.8) is 0 Å². The van der Waals surface area contributed by atoms with Crippen molar-refractivity contribution in [2.45, 2.75) is 0 Å². The van der Waals surface area contributed by atoms with Gasteiger partial charge in [0, 0.05) is 5.39 Å². The number of hydrogen-bond acceptors (Lipinski definition) is 3. The molecule has 0 atom stereocenters. The summed E-state index contributed by atoms with van der Waals surface area (Å²) in [4.78, 5) is 4.01. The molecule has 0 aliphatic carbocycles. The van der Waals surface area contributed by atoms with Crippen LogP contribution in [0.2, 0.25) is 0 Å². The van der Waals surface area contributed by atoms with E-state index in [0.29, 0.717) is 5.69 Å². The number of nitrogen functional groups attached to an aromatic ring is 1. The number of aromatic nitrogens is 1. The monoisotopic (exact) mass is 160 g/mol. The number of pyridine rings is 1. The van der Waals surface area contributed by atoms with Crippen LogP contribution in [0.25, 0.3) is 10.9 Å². The second kappa shape index (κ2) is 2.37. The van der Waals surface area contributed by atoms with E-state index < -0.39 is 0 Å². The van der Waals surface area contributed by atoms with Crippen LogP contribution in [0.4, 0.5) is 5.69 Å². The molecule has 0 aliphatic heterocycles. The minimum atomic E-state index is 0.160. The highest BCUT2D eigenvalue weighted by Crippen LogP contribution is 2.21. The summed E-state index contributed by atoms with van der Waals surface area (Å²) in [5.41, 5.74) is 7.03. The number of aromatic hydroxyl groups is 1. The number of fused-ring (bicyclic) bond motifs is 1. The van der Waals surface area contributed by atoms with Crippen LogP contribution in [0.5, 0.6) is 5.75 Å². The SMILES string of the molecule is Nc1cccc2cc(O)cnc12. The number of hydrogen-bond donors (Lipinski definition) is 2. The Balaban J connectivity index is 2.86. The van der Waals surface area contributed by atoms with Crippen molar-refractivity contribution in [3.8, 4) is 5.75 Å². The molecule has 0 spiro atoms. The molecule has 2 rings (SSSR count). The fourth-order valence-corrected chi connectivity index (χ4v) is 1.17. The molecule has 60 valence electrons. The number of nitrogens with two attached hydrogens (primary N) is 1. The standard InChI is InChI=1S/C9H8N2O/c10-8-3-1-2-6-4-7(12)5-11-9(6)8/h1-5,12H,10H2. The van der Waals surface area contributed by atoms with Crippen molar-refractivity contribution in [1.82, 2.24) is 4.98 Å². The van der Waals surface area contributed by atoms with Crippen molar-refractivity contribution in [3.05, 3.63) is 30.5 Å². The van der Waals surface area contributed by atoms with Crippen LogP contribution in [-0.4, -0.2) is 10.1 Å². The lowest BCUT2D eigenvalue weighted by Gasteiger charge is -1.99. The topological polar surface area (TPSA) is 59.1 Å². The minimum Gasteiger partial charge on any atom is -0.506 e. The number of anilines is 1. The van der Waals surface area contributed by atoms with Crippen LogP contribution >= 0.6 is 0 Å². The van der Waals surface area contributed by atoms with Crippen LogP contribution in [0.3, 0.4) is 0 Å². The van der Waals surface area contributed by atoms with Gasteiger partial charge in [-0.05, 0) is 12.1 Å². The molecule has 0 fully saturated rings. The van der Waals surface area contributed by atoms with Gasteiger partial charge in [-0.1, -0.05) is 12.1 Å². The maximum absolute atomic E-state index is 9.12. The second-order valence-electron chi connectivity index (χ2n) is 2.61. The summed E-state index contributed by atoms with van der Waals surface area (Å²) in [7, 11) is 0. The molecule has 3 nitrogen and oxygen atoms in total. The Morgan fingerprint density at radius 1 is 1.33 bits per heavy atom. The van der Waals surface area contributed by atoms with Gasteiger partial charge in [-0.3, -0.25) is 4.98 Å². The van der Waals surface area contributed by atoms with Crippen LogP contribution in [0.15, 0.2) is 30.5 Å². The van der Waals surface area contributed by atoms with Crippen molar-refractivity contribution < 1.29 is 5.11 Å². The highest BCUT2D eigenvalue weighted by Gasteiger charge is 1.98. The highest BCUT2D eigenvalue weighted by atomic mass is 16.3. The van der Waals surface area contributed by atoms with E-state index in [4.69, 9.17) is 10.8 Å². The van der Waals surface area contributed by atoms with Gasteiger partial charge in [-0.2, -0.15) is 0 Å². The molecule has 0 saturated heterocycles. The third kappa shape index (κ3) is 0.955. The molecule has 0 unspecified atom stereocenters. The number of rotatable bonds is 0. The zero-order valence-electron chi connectivity index (χ0n) is 6.36. The van der Waals surface area contributed by atoms with Gasteiger partial charge < -0.3 is 10.8 Å². The summed E-state index contributed by atoms with van der Waals surface area (Å²) in [6.45, 7) is 0. The third-order valence-electron chi connectivity index (χ3n) is 1.73. The van der Waals surface area contributed by atoms with E-state index in [-0.39, 0.29) is 5.75 Å². The Kier molecular flexibility index (Phi) is 1.37. The Morgan fingerprint density at radius 2 is 2.17 bits per heavy atom. The van der Waals surface area contributed by atoms with Gasteiger partial charge in [0.2, 0.25) is 0 Å².